The molecule has 0 fully saturated rings. The Morgan fingerprint density at radius 1 is 1.10 bits per heavy atom. The fourth-order valence-electron chi connectivity index (χ4n) is 2.74. The number of rotatable bonds is 8. The summed E-state index contributed by atoms with van der Waals surface area (Å²) in [5.41, 5.74) is 6.30. The number of primary amides is 1. The summed E-state index contributed by atoms with van der Waals surface area (Å²) in [6.45, 7) is 1.59. The Morgan fingerprint density at radius 2 is 1.83 bits per heavy atom. The molecular weight excluding hydrogens is 408 g/mol. The van der Waals surface area contributed by atoms with Crippen molar-refractivity contribution in [1.29, 1.82) is 0 Å². The summed E-state index contributed by atoms with van der Waals surface area (Å²) >= 11 is 0. The molecule has 1 atom stereocenters. The van der Waals surface area contributed by atoms with Crippen LogP contribution in [0, 0.1) is 6.92 Å². The lowest BCUT2D eigenvalue weighted by Gasteiger charge is -2.16. The molecule has 156 valence electrons. The number of hydrogen-bond donors (Lipinski definition) is 2. The van der Waals surface area contributed by atoms with E-state index < -0.39 is 28.0 Å². The van der Waals surface area contributed by atoms with Crippen LogP contribution >= 0.6 is 0 Å². The van der Waals surface area contributed by atoms with Gasteiger partial charge in [0.15, 0.2) is 0 Å². The van der Waals surface area contributed by atoms with E-state index in [2.05, 4.69) is 4.72 Å². The summed E-state index contributed by atoms with van der Waals surface area (Å²) in [7, 11) is -3.92. The van der Waals surface area contributed by atoms with Crippen molar-refractivity contribution in [1.82, 2.24) is 4.72 Å². The van der Waals surface area contributed by atoms with Crippen LogP contribution in [0.1, 0.15) is 33.3 Å². The molecule has 0 radical (unpaired) electrons. The van der Waals surface area contributed by atoms with Crippen molar-refractivity contribution in [3.8, 4) is 0 Å². The van der Waals surface area contributed by atoms with Crippen molar-refractivity contribution >= 4 is 21.9 Å². The third kappa shape index (κ3) is 4.94. The predicted octanol–water partition coefficient (Wildman–Crippen LogP) is 2.45. The third-order valence-electron chi connectivity index (χ3n) is 4.34. The van der Waals surface area contributed by atoms with Gasteiger partial charge in [-0.3, -0.25) is 4.79 Å². The molecule has 8 nitrogen and oxygen atoms in total. The number of hydrogen-bond acceptors (Lipinski definition) is 6. The quantitative estimate of drug-likeness (QED) is 0.530. The Hall–Kier alpha value is -3.43. The van der Waals surface area contributed by atoms with E-state index in [0.29, 0.717) is 16.9 Å². The van der Waals surface area contributed by atoms with Gasteiger partial charge in [-0.15, -0.1) is 0 Å². The number of ether oxygens (including phenoxy) is 1. The summed E-state index contributed by atoms with van der Waals surface area (Å²) in [5.74, 6) is -1.25. The standard InChI is InChI=1S/C21H20N2O6S/c1-14-9-10-17(30(26,27)23-13-16-8-5-11-28-16)12-18(14)21(25)29-19(20(22)24)15-6-3-2-4-7-15/h2-12,19,23H,13H2,1H3,(H2,22,24). The van der Waals surface area contributed by atoms with Gasteiger partial charge >= 0.3 is 5.97 Å². The van der Waals surface area contributed by atoms with E-state index in [1.54, 1.807) is 49.4 Å². The molecule has 1 amide bonds. The molecule has 3 rings (SSSR count). The van der Waals surface area contributed by atoms with Crippen molar-refractivity contribution in [2.75, 3.05) is 0 Å². The van der Waals surface area contributed by atoms with Gasteiger partial charge in [0.05, 0.1) is 23.3 Å². The van der Waals surface area contributed by atoms with Gasteiger partial charge in [-0.05, 0) is 36.8 Å². The first-order valence-electron chi connectivity index (χ1n) is 8.96. The normalized spacial score (nSPS) is 12.3. The van der Waals surface area contributed by atoms with E-state index in [0.717, 1.165) is 0 Å². The number of nitrogens with one attached hydrogen (secondary N) is 1. The molecule has 1 heterocycles. The molecular formula is C21H20N2O6S. The van der Waals surface area contributed by atoms with Gasteiger partial charge in [0.25, 0.3) is 5.91 Å². The summed E-state index contributed by atoms with van der Waals surface area (Å²) < 4.78 is 38.0. The molecule has 9 heteroatoms. The first-order chi connectivity index (χ1) is 14.3. The highest BCUT2D eigenvalue weighted by Gasteiger charge is 2.25. The first-order valence-corrected chi connectivity index (χ1v) is 10.4. The maximum atomic E-state index is 12.7. The van der Waals surface area contributed by atoms with Gasteiger partial charge in [-0.25, -0.2) is 17.9 Å². The van der Waals surface area contributed by atoms with Crippen LogP contribution in [-0.4, -0.2) is 20.3 Å². The van der Waals surface area contributed by atoms with Crippen LogP contribution in [0.25, 0.3) is 0 Å². The lowest BCUT2D eigenvalue weighted by molar-refractivity contribution is -0.127. The summed E-state index contributed by atoms with van der Waals surface area (Å²) in [5, 5.41) is 0. The topological polar surface area (TPSA) is 129 Å². The molecule has 2 aromatic carbocycles. The number of esters is 1. The van der Waals surface area contributed by atoms with Crippen molar-refractivity contribution in [3.05, 3.63) is 89.4 Å². The molecule has 1 aromatic heterocycles. The molecule has 3 aromatic rings. The highest BCUT2D eigenvalue weighted by molar-refractivity contribution is 7.89. The molecule has 0 bridgehead atoms. The molecule has 3 N–H and O–H groups in total. The Bertz CT molecular complexity index is 1140. The lowest BCUT2D eigenvalue weighted by atomic mass is 10.1. The van der Waals surface area contributed by atoms with Crippen LogP contribution in [0.3, 0.4) is 0 Å². The Balaban J connectivity index is 1.83. The first kappa shape index (κ1) is 21.3. The van der Waals surface area contributed by atoms with E-state index in [-0.39, 0.29) is 17.0 Å². The van der Waals surface area contributed by atoms with E-state index in [1.807, 2.05) is 0 Å². The maximum Gasteiger partial charge on any atom is 0.339 e. The van der Waals surface area contributed by atoms with Crippen LogP contribution in [0.15, 0.2) is 76.2 Å². The monoisotopic (exact) mass is 428 g/mol. The Morgan fingerprint density at radius 3 is 2.47 bits per heavy atom. The number of carbonyl (C=O) groups excluding carboxylic acids is 2. The average Bonchev–Trinajstić information content (AvgIpc) is 3.25. The minimum Gasteiger partial charge on any atom is -0.468 e. The Labute approximate surface area is 173 Å². The van der Waals surface area contributed by atoms with Crippen molar-refractivity contribution in [3.63, 3.8) is 0 Å². The molecule has 1 unspecified atom stereocenters. The number of benzene rings is 2. The van der Waals surface area contributed by atoms with Gasteiger partial charge in [-0.1, -0.05) is 36.4 Å². The third-order valence-corrected chi connectivity index (χ3v) is 5.74. The number of nitrogens with two attached hydrogens (primary N) is 1. The minimum absolute atomic E-state index is 0.0121. The fraction of sp³-hybridized carbons (Fsp3) is 0.143. The zero-order valence-electron chi connectivity index (χ0n) is 16.1. The largest absolute Gasteiger partial charge is 0.468 e. The maximum absolute atomic E-state index is 12.7. The van der Waals surface area contributed by atoms with Gasteiger partial charge in [0.1, 0.15) is 5.76 Å². The molecule has 0 saturated carbocycles. The van der Waals surface area contributed by atoms with E-state index in [9.17, 15) is 18.0 Å². The smallest absolute Gasteiger partial charge is 0.339 e. The van der Waals surface area contributed by atoms with Crippen LogP contribution < -0.4 is 10.5 Å². The van der Waals surface area contributed by atoms with Crippen molar-refractivity contribution in [2.24, 2.45) is 5.73 Å². The second-order valence-electron chi connectivity index (χ2n) is 6.48. The summed E-state index contributed by atoms with van der Waals surface area (Å²) in [6.07, 6.45) is 0.140. The van der Waals surface area contributed by atoms with Crippen LogP contribution in [0.5, 0.6) is 0 Å². The number of carbonyl (C=O) groups is 2. The van der Waals surface area contributed by atoms with Gasteiger partial charge in [0, 0.05) is 5.56 Å². The Kier molecular flexibility index (Phi) is 6.34. The van der Waals surface area contributed by atoms with Gasteiger partial charge in [-0.2, -0.15) is 0 Å². The predicted molar refractivity (Wildman–Crippen MR) is 108 cm³/mol. The highest BCUT2D eigenvalue weighted by atomic mass is 32.2. The van der Waals surface area contributed by atoms with Crippen LogP contribution in [-0.2, 0) is 26.1 Å². The number of aryl methyl sites for hydroxylation is 1. The molecule has 0 spiro atoms. The highest BCUT2D eigenvalue weighted by Crippen LogP contribution is 2.22. The summed E-state index contributed by atoms with van der Waals surface area (Å²) in [4.78, 5) is 24.4. The van der Waals surface area contributed by atoms with E-state index >= 15 is 0 Å². The number of furan rings is 1. The molecule has 30 heavy (non-hydrogen) atoms. The lowest BCUT2D eigenvalue weighted by Crippen LogP contribution is -2.27. The zero-order chi connectivity index (χ0) is 21.7. The molecule has 0 saturated heterocycles. The average molecular weight is 428 g/mol. The summed E-state index contributed by atoms with van der Waals surface area (Å²) in [6, 6.07) is 15.7. The second-order valence-corrected chi connectivity index (χ2v) is 8.25. The van der Waals surface area contributed by atoms with Crippen molar-refractivity contribution in [2.45, 2.75) is 24.5 Å². The minimum atomic E-state index is -3.92. The second kappa shape index (κ2) is 8.93. The van der Waals surface area contributed by atoms with E-state index in [4.69, 9.17) is 14.9 Å². The van der Waals surface area contributed by atoms with Crippen molar-refractivity contribution < 1.29 is 27.2 Å². The van der Waals surface area contributed by atoms with Crippen LogP contribution in [0.4, 0.5) is 0 Å². The molecule has 0 aliphatic carbocycles. The SMILES string of the molecule is Cc1ccc(S(=O)(=O)NCc2ccco2)cc1C(=O)OC(C(N)=O)c1ccccc1. The number of sulfonamides is 1. The zero-order valence-corrected chi connectivity index (χ0v) is 16.9. The number of amides is 1. The van der Waals surface area contributed by atoms with Gasteiger partial charge in [0.2, 0.25) is 16.1 Å². The van der Waals surface area contributed by atoms with E-state index in [1.165, 1.54) is 24.5 Å². The fourth-order valence-corrected chi connectivity index (χ4v) is 3.76. The van der Waals surface area contributed by atoms with Gasteiger partial charge < -0.3 is 14.9 Å². The van der Waals surface area contributed by atoms with Crippen LogP contribution in [0.2, 0.25) is 0 Å². The molecule has 0 aliphatic heterocycles. The molecule has 0 aliphatic rings.